The van der Waals surface area contributed by atoms with Gasteiger partial charge in [0, 0.05) is 24.9 Å². The van der Waals surface area contributed by atoms with E-state index < -0.39 is 10.2 Å². The van der Waals surface area contributed by atoms with Crippen LogP contribution in [-0.2, 0) is 26.2 Å². The number of nitrogens with one attached hydrogen (secondary N) is 1. The van der Waals surface area contributed by atoms with E-state index in [2.05, 4.69) is 14.4 Å². The van der Waals surface area contributed by atoms with Crippen molar-refractivity contribution in [2.24, 2.45) is 0 Å². The Morgan fingerprint density at radius 3 is 2.86 bits per heavy atom. The summed E-state index contributed by atoms with van der Waals surface area (Å²) < 4.78 is 32.7. The first-order chi connectivity index (χ1) is 10.0. The molecular formula is C12H19N3O4S2. The summed E-state index contributed by atoms with van der Waals surface area (Å²) in [7, 11) is -2.12. The maximum Gasteiger partial charge on any atom is 0.305 e. The summed E-state index contributed by atoms with van der Waals surface area (Å²) in [5.74, 6) is -0.250. The summed E-state index contributed by atoms with van der Waals surface area (Å²) in [5, 5.41) is 2.18. The van der Waals surface area contributed by atoms with Crippen molar-refractivity contribution in [2.75, 3.05) is 24.9 Å². The van der Waals surface area contributed by atoms with Gasteiger partial charge in [0.25, 0.3) is 0 Å². The van der Waals surface area contributed by atoms with Gasteiger partial charge in [0.15, 0.2) is 5.13 Å². The Kier molecular flexibility index (Phi) is 5.54. The molecule has 0 atom stereocenters. The van der Waals surface area contributed by atoms with Gasteiger partial charge in [0.2, 0.25) is 0 Å². The molecule has 1 N–H and O–H groups in total. The fraction of sp³-hybridized carbons (Fsp3) is 0.667. The highest BCUT2D eigenvalue weighted by Crippen LogP contribution is 2.21. The van der Waals surface area contributed by atoms with Crippen LogP contribution < -0.4 is 4.72 Å². The van der Waals surface area contributed by atoms with Crippen molar-refractivity contribution >= 4 is 32.6 Å². The molecular weight excluding hydrogens is 314 g/mol. The molecule has 0 bridgehead atoms. The highest BCUT2D eigenvalue weighted by Gasteiger charge is 2.25. The third-order valence-corrected chi connectivity index (χ3v) is 5.65. The monoisotopic (exact) mass is 333 g/mol. The van der Waals surface area contributed by atoms with Gasteiger partial charge in [-0.1, -0.05) is 0 Å². The molecule has 1 aliphatic rings. The van der Waals surface area contributed by atoms with Gasteiger partial charge in [-0.05, 0) is 25.7 Å². The quantitative estimate of drug-likeness (QED) is 0.762. The Morgan fingerprint density at radius 1 is 1.48 bits per heavy atom. The zero-order valence-electron chi connectivity index (χ0n) is 11.9. The van der Waals surface area contributed by atoms with Gasteiger partial charge in [-0.15, -0.1) is 11.3 Å². The number of ether oxygens (including phenoxy) is 1. The Bertz CT molecular complexity index is 579. The average Bonchev–Trinajstić information content (AvgIpc) is 3.09. The number of carbonyl (C=O) groups excluding carboxylic acids is 1. The molecule has 1 aromatic heterocycles. The fourth-order valence-electron chi connectivity index (χ4n) is 2.09. The van der Waals surface area contributed by atoms with Gasteiger partial charge in [-0.2, -0.15) is 12.7 Å². The van der Waals surface area contributed by atoms with E-state index in [-0.39, 0.29) is 5.97 Å². The molecule has 1 aliphatic heterocycles. The van der Waals surface area contributed by atoms with E-state index in [4.69, 9.17) is 0 Å². The molecule has 7 nitrogen and oxygen atoms in total. The van der Waals surface area contributed by atoms with Crippen LogP contribution >= 0.6 is 11.3 Å². The molecule has 0 saturated carbocycles. The largest absolute Gasteiger partial charge is 0.469 e. The molecule has 0 radical (unpaired) electrons. The minimum atomic E-state index is -3.48. The molecule has 21 heavy (non-hydrogen) atoms. The van der Waals surface area contributed by atoms with E-state index in [0.29, 0.717) is 37.5 Å². The minimum Gasteiger partial charge on any atom is -0.469 e. The first-order valence-corrected chi connectivity index (χ1v) is 9.12. The highest BCUT2D eigenvalue weighted by molar-refractivity contribution is 7.90. The molecule has 9 heteroatoms. The number of rotatable bonds is 7. The lowest BCUT2D eigenvalue weighted by atomic mass is 10.2. The summed E-state index contributed by atoms with van der Waals surface area (Å²) in [6, 6.07) is 0. The van der Waals surface area contributed by atoms with Gasteiger partial charge in [-0.3, -0.25) is 4.79 Å². The SMILES string of the molecule is COC(=O)CCCc1csc(NS(=O)(=O)N2CCCC2)n1. The van der Waals surface area contributed by atoms with E-state index in [1.54, 1.807) is 5.38 Å². The first kappa shape index (κ1) is 16.2. The van der Waals surface area contributed by atoms with Crippen molar-refractivity contribution in [2.45, 2.75) is 32.1 Å². The smallest absolute Gasteiger partial charge is 0.305 e. The molecule has 0 spiro atoms. The van der Waals surface area contributed by atoms with E-state index in [1.807, 2.05) is 0 Å². The number of esters is 1. The zero-order valence-corrected chi connectivity index (χ0v) is 13.5. The molecule has 0 aliphatic carbocycles. The van der Waals surface area contributed by atoms with E-state index >= 15 is 0 Å². The Morgan fingerprint density at radius 2 is 2.19 bits per heavy atom. The lowest BCUT2D eigenvalue weighted by Gasteiger charge is -2.14. The van der Waals surface area contributed by atoms with Crippen molar-refractivity contribution in [1.29, 1.82) is 0 Å². The number of hydrogen-bond donors (Lipinski definition) is 1. The number of thiazole rings is 1. The molecule has 1 fully saturated rings. The number of hydrogen-bond acceptors (Lipinski definition) is 6. The summed E-state index contributed by atoms with van der Waals surface area (Å²) in [6.07, 6.45) is 3.39. The number of carbonyl (C=O) groups is 1. The predicted octanol–water partition coefficient (Wildman–Crippen LogP) is 1.39. The number of methoxy groups -OCH3 is 1. The Hall–Kier alpha value is -1.19. The topological polar surface area (TPSA) is 88.6 Å². The number of anilines is 1. The van der Waals surface area contributed by atoms with Gasteiger partial charge in [0.1, 0.15) is 0 Å². The zero-order chi connectivity index (χ0) is 15.3. The normalized spacial score (nSPS) is 16.0. The van der Waals surface area contributed by atoms with Crippen molar-refractivity contribution < 1.29 is 17.9 Å². The summed E-state index contributed by atoms with van der Waals surface area (Å²) in [4.78, 5) is 15.2. The van der Waals surface area contributed by atoms with Gasteiger partial charge in [0.05, 0.1) is 12.8 Å². The Balaban J connectivity index is 1.86. The number of nitrogens with zero attached hydrogens (tertiary/aromatic N) is 2. The highest BCUT2D eigenvalue weighted by atomic mass is 32.2. The summed E-state index contributed by atoms with van der Waals surface area (Å²) >= 11 is 1.26. The lowest BCUT2D eigenvalue weighted by Crippen LogP contribution is -2.33. The molecule has 0 aromatic carbocycles. The second-order valence-electron chi connectivity index (χ2n) is 4.79. The minimum absolute atomic E-state index is 0.250. The van der Waals surface area contributed by atoms with Crippen LogP contribution in [0, 0.1) is 0 Å². The van der Waals surface area contributed by atoms with Crippen LogP contribution in [0.25, 0.3) is 0 Å². The molecule has 0 amide bonds. The molecule has 2 heterocycles. The van der Waals surface area contributed by atoms with Crippen LogP contribution in [0.1, 0.15) is 31.4 Å². The summed E-state index contributed by atoms with van der Waals surface area (Å²) in [6.45, 7) is 1.12. The second kappa shape index (κ2) is 7.19. The third-order valence-electron chi connectivity index (χ3n) is 3.21. The van der Waals surface area contributed by atoms with Crippen LogP contribution in [0.2, 0.25) is 0 Å². The van der Waals surface area contributed by atoms with Crippen LogP contribution in [0.5, 0.6) is 0 Å². The van der Waals surface area contributed by atoms with Crippen LogP contribution in [-0.4, -0.2) is 43.9 Å². The Labute approximate surface area is 128 Å². The fourth-order valence-corrected chi connectivity index (χ4v) is 4.32. The number of aryl methyl sites for hydroxylation is 1. The van der Waals surface area contributed by atoms with Crippen molar-refractivity contribution in [3.05, 3.63) is 11.1 Å². The summed E-state index contributed by atoms with van der Waals surface area (Å²) in [5.41, 5.74) is 0.781. The van der Waals surface area contributed by atoms with Crippen molar-refractivity contribution in [1.82, 2.24) is 9.29 Å². The van der Waals surface area contributed by atoms with Crippen LogP contribution in [0.15, 0.2) is 5.38 Å². The van der Waals surface area contributed by atoms with Gasteiger partial charge < -0.3 is 4.74 Å². The molecule has 1 saturated heterocycles. The molecule has 1 aromatic rings. The van der Waals surface area contributed by atoms with E-state index in [1.165, 1.54) is 22.8 Å². The van der Waals surface area contributed by atoms with Crippen LogP contribution in [0.3, 0.4) is 0 Å². The lowest BCUT2D eigenvalue weighted by molar-refractivity contribution is -0.140. The predicted molar refractivity (Wildman–Crippen MR) is 80.4 cm³/mol. The van der Waals surface area contributed by atoms with Crippen molar-refractivity contribution in [3.63, 3.8) is 0 Å². The maximum atomic E-state index is 12.1. The van der Waals surface area contributed by atoms with E-state index in [9.17, 15) is 13.2 Å². The number of aromatic nitrogens is 1. The van der Waals surface area contributed by atoms with E-state index in [0.717, 1.165) is 18.5 Å². The van der Waals surface area contributed by atoms with Gasteiger partial charge >= 0.3 is 16.2 Å². The first-order valence-electron chi connectivity index (χ1n) is 6.80. The van der Waals surface area contributed by atoms with Crippen molar-refractivity contribution in [3.8, 4) is 0 Å². The molecule has 0 unspecified atom stereocenters. The van der Waals surface area contributed by atoms with Gasteiger partial charge in [-0.25, -0.2) is 9.71 Å². The standard InChI is InChI=1S/C12H19N3O4S2/c1-19-11(16)6-4-5-10-9-20-12(13-10)14-21(17,18)15-7-2-3-8-15/h9H,2-8H2,1H3,(H,13,14). The molecule has 118 valence electrons. The second-order valence-corrected chi connectivity index (χ2v) is 7.32. The third kappa shape index (κ3) is 4.65. The molecule has 2 rings (SSSR count). The average molecular weight is 333 g/mol. The maximum absolute atomic E-state index is 12.1. The van der Waals surface area contributed by atoms with Crippen LogP contribution in [0.4, 0.5) is 5.13 Å².